The van der Waals surface area contributed by atoms with Gasteiger partial charge in [0.25, 0.3) is 5.56 Å². The number of carbonyl (C=O) groups is 2. The standard InChI is InChI=1S/C19H26N4O3S2/c1-3-4-7-10-23-17(25)14-12-8-5-6-9-13(12)28-16(14)22-19(23)27-11(2)15(24)21-18(20)26/h11H,3-10H2,1-2H3,(H3,20,21,24,26)/t11-/m1/s1. The predicted molar refractivity (Wildman–Crippen MR) is 113 cm³/mol. The second-order valence-electron chi connectivity index (χ2n) is 7.06. The summed E-state index contributed by atoms with van der Waals surface area (Å²) in [5.41, 5.74) is 6.20. The van der Waals surface area contributed by atoms with Gasteiger partial charge in [0.2, 0.25) is 5.91 Å². The topological polar surface area (TPSA) is 107 Å². The Morgan fingerprint density at radius 1 is 1.32 bits per heavy atom. The number of imide groups is 1. The molecule has 0 bridgehead atoms. The number of aromatic nitrogens is 2. The second kappa shape index (κ2) is 9.09. The molecule has 1 atom stereocenters. The lowest BCUT2D eigenvalue weighted by atomic mass is 9.97. The van der Waals surface area contributed by atoms with Gasteiger partial charge in [-0.05, 0) is 44.6 Å². The fourth-order valence-corrected chi connectivity index (χ4v) is 5.70. The molecule has 2 aromatic rings. The Morgan fingerprint density at radius 3 is 2.79 bits per heavy atom. The van der Waals surface area contributed by atoms with Crippen LogP contribution in [0.25, 0.3) is 10.2 Å². The van der Waals surface area contributed by atoms with Crippen molar-refractivity contribution in [3.8, 4) is 0 Å². The molecule has 0 saturated carbocycles. The summed E-state index contributed by atoms with van der Waals surface area (Å²) in [6.45, 7) is 4.37. The van der Waals surface area contributed by atoms with Crippen molar-refractivity contribution in [1.29, 1.82) is 0 Å². The predicted octanol–water partition coefficient (Wildman–Crippen LogP) is 3.20. The summed E-state index contributed by atoms with van der Waals surface area (Å²) in [6, 6.07) is -0.882. The molecule has 0 spiro atoms. The van der Waals surface area contributed by atoms with Crippen molar-refractivity contribution < 1.29 is 9.59 Å². The Bertz CT molecular complexity index is 951. The van der Waals surface area contributed by atoms with E-state index in [0.717, 1.165) is 55.2 Å². The van der Waals surface area contributed by atoms with Crippen molar-refractivity contribution in [1.82, 2.24) is 14.9 Å². The van der Waals surface area contributed by atoms with Crippen LogP contribution in [0.5, 0.6) is 0 Å². The molecule has 3 amide bonds. The molecule has 1 aliphatic carbocycles. The van der Waals surface area contributed by atoms with Crippen molar-refractivity contribution in [2.75, 3.05) is 0 Å². The van der Waals surface area contributed by atoms with Gasteiger partial charge in [-0.2, -0.15) is 0 Å². The van der Waals surface area contributed by atoms with Crippen LogP contribution in [0.4, 0.5) is 4.79 Å². The Hall–Kier alpha value is -1.87. The number of hydrogen-bond acceptors (Lipinski definition) is 6. The van der Waals surface area contributed by atoms with Crippen LogP contribution < -0.4 is 16.6 Å². The molecule has 1 aliphatic rings. The summed E-state index contributed by atoms with van der Waals surface area (Å²) in [5.74, 6) is -0.488. The Balaban J connectivity index is 2.01. The first-order valence-corrected chi connectivity index (χ1v) is 11.4. The van der Waals surface area contributed by atoms with E-state index < -0.39 is 17.2 Å². The number of hydrogen-bond donors (Lipinski definition) is 2. The molecule has 3 N–H and O–H groups in total. The fourth-order valence-electron chi connectivity index (χ4n) is 3.46. The monoisotopic (exact) mass is 422 g/mol. The molecule has 28 heavy (non-hydrogen) atoms. The molecule has 2 heterocycles. The number of aryl methyl sites for hydroxylation is 2. The highest BCUT2D eigenvalue weighted by molar-refractivity contribution is 8.00. The quantitative estimate of drug-likeness (QED) is 0.405. The molecular weight excluding hydrogens is 396 g/mol. The molecule has 0 saturated heterocycles. The number of unbranched alkanes of at least 4 members (excludes halogenated alkanes) is 2. The van der Waals surface area contributed by atoms with Crippen LogP contribution in [0.3, 0.4) is 0 Å². The zero-order valence-electron chi connectivity index (χ0n) is 16.2. The number of nitrogens with one attached hydrogen (secondary N) is 1. The van der Waals surface area contributed by atoms with Crippen LogP contribution in [-0.4, -0.2) is 26.7 Å². The number of urea groups is 1. The van der Waals surface area contributed by atoms with Crippen LogP contribution in [-0.2, 0) is 24.2 Å². The first-order valence-electron chi connectivity index (χ1n) is 9.74. The molecule has 0 radical (unpaired) electrons. The van der Waals surface area contributed by atoms with Crippen molar-refractivity contribution in [2.45, 2.75) is 75.7 Å². The average molecular weight is 423 g/mol. The van der Waals surface area contributed by atoms with Crippen LogP contribution >= 0.6 is 23.1 Å². The summed E-state index contributed by atoms with van der Waals surface area (Å²) in [7, 11) is 0. The van der Waals surface area contributed by atoms with E-state index in [4.69, 9.17) is 10.7 Å². The lowest BCUT2D eigenvalue weighted by Gasteiger charge is -2.15. The normalized spacial score (nSPS) is 14.6. The third kappa shape index (κ3) is 4.41. The van der Waals surface area contributed by atoms with Crippen molar-refractivity contribution in [3.63, 3.8) is 0 Å². The van der Waals surface area contributed by atoms with Gasteiger partial charge in [-0.25, -0.2) is 9.78 Å². The number of nitrogens with two attached hydrogens (primary N) is 1. The highest BCUT2D eigenvalue weighted by Crippen LogP contribution is 2.35. The van der Waals surface area contributed by atoms with Gasteiger partial charge in [0.05, 0.1) is 10.6 Å². The summed E-state index contributed by atoms with van der Waals surface area (Å²) in [5, 5.41) is 2.79. The largest absolute Gasteiger partial charge is 0.351 e. The number of carbonyl (C=O) groups excluding carboxylic acids is 2. The number of thioether (sulfide) groups is 1. The average Bonchev–Trinajstić information content (AvgIpc) is 3.02. The molecular formula is C19H26N4O3S2. The highest BCUT2D eigenvalue weighted by Gasteiger charge is 2.24. The first kappa shape index (κ1) is 20.9. The zero-order valence-corrected chi connectivity index (χ0v) is 17.9. The van der Waals surface area contributed by atoms with Gasteiger partial charge in [-0.15, -0.1) is 11.3 Å². The first-order chi connectivity index (χ1) is 13.4. The molecule has 7 nitrogen and oxygen atoms in total. The maximum atomic E-state index is 13.3. The SMILES string of the molecule is CCCCCn1c(S[C@H](C)C(=O)NC(N)=O)nc2sc3c(c2c1=O)CCCC3. The van der Waals surface area contributed by atoms with Gasteiger partial charge >= 0.3 is 6.03 Å². The molecule has 3 rings (SSSR count). The van der Waals surface area contributed by atoms with Gasteiger partial charge in [0.1, 0.15) is 4.83 Å². The molecule has 0 aromatic carbocycles. The van der Waals surface area contributed by atoms with Crippen molar-refractivity contribution >= 4 is 45.3 Å². The van der Waals surface area contributed by atoms with Crippen molar-refractivity contribution in [2.24, 2.45) is 5.73 Å². The van der Waals surface area contributed by atoms with E-state index in [9.17, 15) is 14.4 Å². The highest BCUT2D eigenvalue weighted by atomic mass is 32.2. The minimum atomic E-state index is -0.882. The third-order valence-corrected chi connectivity index (χ3v) is 7.20. The van der Waals surface area contributed by atoms with E-state index in [1.54, 1.807) is 22.8 Å². The van der Waals surface area contributed by atoms with Gasteiger partial charge in [-0.1, -0.05) is 31.5 Å². The fraction of sp³-hybridized carbons (Fsp3) is 0.579. The van der Waals surface area contributed by atoms with E-state index in [2.05, 4.69) is 12.2 Å². The minimum Gasteiger partial charge on any atom is -0.351 e. The van der Waals surface area contributed by atoms with E-state index in [0.29, 0.717) is 11.7 Å². The van der Waals surface area contributed by atoms with E-state index >= 15 is 0 Å². The van der Waals surface area contributed by atoms with Crippen LogP contribution in [0.1, 0.15) is 56.4 Å². The third-order valence-electron chi connectivity index (χ3n) is 4.92. The van der Waals surface area contributed by atoms with E-state index in [-0.39, 0.29) is 5.56 Å². The van der Waals surface area contributed by atoms with Gasteiger partial charge in [-0.3, -0.25) is 19.5 Å². The van der Waals surface area contributed by atoms with Crippen LogP contribution in [0.15, 0.2) is 9.95 Å². The van der Waals surface area contributed by atoms with Crippen molar-refractivity contribution in [3.05, 3.63) is 20.8 Å². The molecule has 0 fully saturated rings. The smallest absolute Gasteiger partial charge is 0.318 e. The maximum Gasteiger partial charge on any atom is 0.318 e. The second-order valence-corrected chi connectivity index (χ2v) is 9.45. The maximum absolute atomic E-state index is 13.3. The number of amides is 3. The van der Waals surface area contributed by atoms with Gasteiger partial charge < -0.3 is 5.73 Å². The molecule has 0 unspecified atom stereocenters. The Morgan fingerprint density at radius 2 is 2.07 bits per heavy atom. The molecule has 2 aromatic heterocycles. The molecule has 0 aliphatic heterocycles. The zero-order chi connectivity index (χ0) is 20.3. The number of primary amides is 1. The van der Waals surface area contributed by atoms with Crippen LogP contribution in [0, 0.1) is 0 Å². The van der Waals surface area contributed by atoms with E-state index in [1.807, 2.05) is 0 Å². The Labute approximate surface area is 172 Å². The summed E-state index contributed by atoms with van der Waals surface area (Å²) >= 11 is 2.79. The number of rotatable bonds is 7. The van der Waals surface area contributed by atoms with Crippen LogP contribution in [0.2, 0.25) is 0 Å². The number of nitrogens with zero attached hydrogens (tertiary/aromatic N) is 2. The molecule has 9 heteroatoms. The Kier molecular flexibility index (Phi) is 6.77. The minimum absolute atomic E-state index is 0.00878. The lowest BCUT2D eigenvalue weighted by molar-refractivity contribution is -0.119. The molecule has 152 valence electrons. The van der Waals surface area contributed by atoms with Gasteiger partial charge in [0, 0.05) is 11.4 Å². The van der Waals surface area contributed by atoms with E-state index in [1.165, 1.54) is 22.2 Å². The number of fused-ring (bicyclic) bond motifs is 3. The number of thiophene rings is 1. The lowest BCUT2D eigenvalue weighted by Crippen LogP contribution is -2.39. The summed E-state index contributed by atoms with van der Waals surface area (Å²) in [4.78, 5) is 43.2. The summed E-state index contributed by atoms with van der Waals surface area (Å²) in [6.07, 6.45) is 7.15. The summed E-state index contributed by atoms with van der Waals surface area (Å²) < 4.78 is 1.71. The van der Waals surface area contributed by atoms with Gasteiger partial charge in [0.15, 0.2) is 5.16 Å².